The smallest absolute Gasteiger partial charge is 0.288 e. The van der Waals surface area contributed by atoms with E-state index in [1.807, 2.05) is 11.4 Å². The summed E-state index contributed by atoms with van der Waals surface area (Å²) in [6.07, 6.45) is 0. The van der Waals surface area contributed by atoms with Crippen molar-refractivity contribution in [3.63, 3.8) is 0 Å². The average Bonchev–Trinajstić information content (AvgIpc) is 2.84. The van der Waals surface area contributed by atoms with Crippen molar-refractivity contribution in [3.8, 4) is 0 Å². The number of rotatable bonds is 3. The maximum Gasteiger partial charge on any atom is 0.288 e. The summed E-state index contributed by atoms with van der Waals surface area (Å²) in [7, 11) is 0. The fourth-order valence-electron chi connectivity index (χ4n) is 1.07. The molecule has 0 unspecified atom stereocenters. The predicted molar refractivity (Wildman–Crippen MR) is 64.0 cm³/mol. The molecule has 0 saturated heterocycles. The molecule has 4 N–H and O–H groups in total. The third kappa shape index (κ3) is 2.58. The molecule has 6 nitrogen and oxygen atoms in total. The van der Waals surface area contributed by atoms with Crippen LogP contribution in [-0.2, 0) is 6.54 Å². The molecule has 16 heavy (non-hydrogen) atoms. The van der Waals surface area contributed by atoms with Crippen LogP contribution < -0.4 is 11.1 Å². The van der Waals surface area contributed by atoms with Gasteiger partial charge in [-0.1, -0.05) is 0 Å². The lowest BCUT2D eigenvalue weighted by atomic mass is 10.4. The van der Waals surface area contributed by atoms with E-state index in [9.17, 15) is 4.79 Å². The molecule has 2 rings (SSSR count). The largest absolute Gasteiger partial charge is 0.366 e. The standard InChI is InChI=1S/C8H8BrN5OS/c9-4-1-5(16-3-4)2-11-7(15)6-12-8(10)14-13-6/h1,3H,2H2,(H,11,15)(H3,10,12,13,14). The summed E-state index contributed by atoms with van der Waals surface area (Å²) in [5.74, 6) is -0.147. The Morgan fingerprint density at radius 2 is 2.50 bits per heavy atom. The summed E-state index contributed by atoms with van der Waals surface area (Å²) < 4.78 is 1.01. The monoisotopic (exact) mass is 301 g/mol. The van der Waals surface area contributed by atoms with Gasteiger partial charge in [0.25, 0.3) is 5.91 Å². The number of H-pyrrole nitrogens is 1. The Morgan fingerprint density at radius 1 is 1.69 bits per heavy atom. The number of hydrogen-bond donors (Lipinski definition) is 3. The van der Waals surface area contributed by atoms with E-state index in [0.29, 0.717) is 6.54 Å². The molecule has 0 aromatic carbocycles. The molecule has 0 spiro atoms. The van der Waals surface area contributed by atoms with E-state index in [1.165, 1.54) is 0 Å². The minimum Gasteiger partial charge on any atom is -0.366 e. The van der Waals surface area contributed by atoms with E-state index in [0.717, 1.165) is 9.35 Å². The number of aromatic amines is 1. The molecule has 0 bridgehead atoms. The van der Waals surface area contributed by atoms with Crippen LogP contribution >= 0.6 is 27.3 Å². The molecular formula is C8H8BrN5OS. The minimum absolute atomic E-state index is 0.0593. The molecule has 8 heteroatoms. The van der Waals surface area contributed by atoms with Crippen LogP contribution in [0.5, 0.6) is 0 Å². The summed E-state index contributed by atoms with van der Waals surface area (Å²) in [5, 5.41) is 10.7. The topological polar surface area (TPSA) is 96.7 Å². The van der Waals surface area contributed by atoms with Gasteiger partial charge in [0.15, 0.2) is 0 Å². The summed E-state index contributed by atoms with van der Waals surface area (Å²) in [5.41, 5.74) is 5.29. The number of nitrogens with one attached hydrogen (secondary N) is 2. The number of anilines is 1. The molecule has 0 aliphatic heterocycles. The summed E-state index contributed by atoms with van der Waals surface area (Å²) in [6.45, 7) is 0.454. The number of nitrogens with two attached hydrogens (primary N) is 1. The summed E-state index contributed by atoms with van der Waals surface area (Å²) in [6, 6.07) is 1.94. The average molecular weight is 302 g/mol. The Morgan fingerprint density at radius 3 is 3.06 bits per heavy atom. The molecule has 0 radical (unpaired) electrons. The van der Waals surface area contributed by atoms with Gasteiger partial charge in [-0.2, -0.15) is 4.98 Å². The number of thiophene rings is 1. The molecule has 1 amide bonds. The van der Waals surface area contributed by atoms with Gasteiger partial charge in [-0.25, -0.2) is 0 Å². The van der Waals surface area contributed by atoms with Gasteiger partial charge in [0, 0.05) is 14.7 Å². The number of halogens is 1. The van der Waals surface area contributed by atoms with Crippen LogP contribution in [0.4, 0.5) is 5.95 Å². The number of nitrogen functional groups attached to an aromatic ring is 1. The van der Waals surface area contributed by atoms with Crippen molar-refractivity contribution >= 4 is 39.1 Å². The minimum atomic E-state index is -0.325. The number of hydrogen-bond acceptors (Lipinski definition) is 5. The second-order valence-corrected chi connectivity index (χ2v) is 4.87. The zero-order chi connectivity index (χ0) is 11.5. The van der Waals surface area contributed by atoms with E-state index in [-0.39, 0.29) is 17.7 Å². The highest BCUT2D eigenvalue weighted by Crippen LogP contribution is 2.19. The van der Waals surface area contributed by atoms with Crippen LogP contribution in [0.2, 0.25) is 0 Å². The van der Waals surface area contributed by atoms with Gasteiger partial charge in [-0.15, -0.1) is 16.4 Å². The maximum absolute atomic E-state index is 11.5. The van der Waals surface area contributed by atoms with Crippen molar-refractivity contribution in [3.05, 3.63) is 26.6 Å². The molecule has 84 valence electrons. The molecule has 0 aliphatic carbocycles. The van der Waals surface area contributed by atoms with Gasteiger partial charge in [-0.3, -0.25) is 9.89 Å². The van der Waals surface area contributed by atoms with Gasteiger partial charge >= 0.3 is 0 Å². The number of carbonyl (C=O) groups excluding carboxylic acids is 1. The number of carbonyl (C=O) groups is 1. The van der Waals surface area contributed by atoms with Gasteiger partial charge in [-0.05, 0) is 22.0 Å². The van der Waals surface area contributed by atoms with E-state index in [1.54, 1.807) is 11.3 Å². The Labute approximate surface area is 103 Å². The quantitative estimate of drug-likeness (QED) is 0.792. The first-order chi connectivity index (χ1) is 7.65. The fraction of sp³-hybridized carbons (Fsp3) is 0.125. The van der Waals surface area contributed by atoms with Gasteiger partial charge < -0.3 is 11.1 Å². The molecule has 2 aromatic rings. The molecule has 0 aliphatic rings. The third-order valence-corrected chi connectivity index (χ3v) is 3.46. The lowest BCUT2D eigenvalue weighted by Gasteiger charge is -1.99. The zero-order valence-corrected chi connectivity index (χ0v) is 10.4. The van der Waals surface area contributed by atoms with Crippen LogP contribution in [0.1, 0.15) is 15.5 Å². The third-order valence-electron chi connectivity index (χ3n) is 1.76. The van der Waals surface area contributed by atoms with E-state index in [4.69, 9.17) is 5.73 Å². The Bertz CT molecular complexity index is 508. The lowest BCUT2D eigenvalue weighted by Crippen LogP contribution is -2.23. The molecule has 0 fully saturated rings. The fourth-order valence-corrected chi connectivity index (χ4v) is 2.46. The predicted octanol–water partition coefficient (Wildman–Crippen LogP) is 1.14. The first kappa shape index (κ1) is 11.1. The molecule has 2 heterocycles. The van der Waals surface area contributed by atoms with E-state index in [2.05, 4.69) is 36.4 Å². The Kier molecular flexibility index (Phi) is 3.20. The second kappa shape index (κ2) is 4.62. The van der Waals surface area contributed by atoms with Crippen molar-refractivity contribution in [2.24, 2.45) is 0 Å². The first-order valence-electron chi connectivity index (χ1n) is 4.34. The van der Waals surface area contributed by atoms with Crippen LogP contribution in [0.25, 0.3) is 0 Å². The van der Waals surface area contributed by atoms with Gasteiger partial charge in [0.1, 0.15) is 0 Å². The molecular weight excluding hydrogens is 294 g/mol. The zero-order valence-electron chi connectivity index (χ0n) is 8.03. The van der Waals surface area contributed by atoms with Crippen molar-refractivity contribution in [2.45, 2.75) is 6.54 Å². The van der Waals surface area contributed by atoms with Crippen LogP contribution in [0.15, 0.2) is 15.9 Å². The van der Waals surface area contributed by atoms with Crippen LogP contribution in [-0.4, -0.2) is 21.1 Å². The number of aromatic nitrogens is 3. The summed E-state index contributed by atoms with van der Waals surface area (Å²) in [4.78, 5) is 16.3. The first-order valence-corrected chi connectivity index (χ1v) is 6.01. The Balaban J connectivity index is 1.93. The summed E-state index contributed by atoms with van der Waals surface area (Å²) >= 11 is 4.90. The van der Waals surface area contributed by atoms with Gasteiger partial charge in [0.05, 0.1) is 6.54 Å². The molecule has 0 atom stereocenters. The van der Waals surface area contributed by atoms with Crippen molar-refractivity contribution < 1.29 is 4.79 Å². The highest BCUT2D eigenvalue weighted by atomic mass is 79.9. The van der Waals surface area contributed by atoms with E-state index >= 15 is 0 Å². The molecule has 2 aromatic heterocycles. The van der Waals surface area contributed by atoms with E-state index < -0.39 is 0 Å². The molecule has 0 saturated carbocycles. The highest BCUT2D eigenvalue weighted by Gasteiger charge is 2.10. The van der Waals surface area contributed by atoms with Crippen molar-refractivity contribution in [1.82, 2.24) is 20.5 Å². The maximum atomic E-state index is 11.5. The number of nitrogens with zero attached hydrogens (tertiary/aromatic N) is 2. The van der Waals surface area contributed by atoms with Crippen molar-refractivity contribution in [2.75, 3.05) is 5.73 Å². The van der Waals surface area contributed by atoms with Crippen LogP contribution in [0, 0.1) is 0 Å². The number of amides is 1. The van der Waals surface area contributed by atoms with Gasteiger partial charge in [0.2, 0.25) is 11.8 Å². The second-order valence-electron chi connectivity index (χ2n) is 2.96. The SMILES string of the molecule is Nc1n[nH]c(C(=O)NCc2cc(Br)cs2)n1. The van der Waals surface area contributed by atoms with Crippen LogP contribution in [0.3, 0.4) is 0 Å². The highest BCUT2D eigenvalue weighted by molar-refractivity contribution is 9.10. The Hall–Kier alpha value is -1.41. The normalized spacial score (nSPS) is 10.3. The lowest BCUT2D eigenvalue weighted by molar-refractivity contribution is 0.0941. The van der Waals surface area contributed by atoms with Crippen molar-refractivity contribution in [1.29, 1.82) is 0 Å².